The van der Waals surface area contributed by atoms with Crippen LogP contribution in [0.4, 0.5) is 0 Å². The first-order chi connectivity index (χ1) is 10.1. The molecule has 4 nitrogen and oxygen atoms in total. The van der Waals surface area contributed by atoms with Crippen LogP contribution < -0.4 is 5.32 Å². The fourth-order valence-corrected chi connectivity index (χ4v) is 3.21. The average molecular weight is 360 g/mol. The van der Waals surface area contributed by atoms with Crippen molar-refractivity contribution in [1.29, 1.82) is 0 Å². The van der Waals surface area contributed by atoms with E-state index in [1.165, 1.54) is 5.69 Å². The first-order valence-corrected chi connectivity index (χ1v) is 8.94. The predicted molar refractivity (Wildman–Crippen MR) is 91.8 cm³/mol. The molecule has 0 aliphatic heterocycles. The van der Waals surface area contributed by atoms with E-state index in [9.17, 15) is 0 Å². The summed E-state index contributed by atoms with van der Waals surface area (Å²) in [7, 11) is 0. The molecule has 0 amide bonds. The molecule has 1 heterocycles. The number of nitrogens with one attached hydrogen (secondary N) is 1. The molecule has 0 bridgehead atoms. The molecule has 122 valence electrons. The number of hydrogen-bond acceptors (Lipinski definition) is 3. The van der Waals surface area contributed by atoms with Crippen LogP contribution in [0.25, 0.3) is 0 Å². The molecule has 1 N–H and O–H groups in total. The van der Waals surface area contributed by atoms with Gasteiger partial charge in [0.15, 0.2) is 0 Å². The van der Waals surface area contributed by atoms with Crippen LogP contribution in [0.15, 0.2) is 4.47 Å². The Hall–Kier alpha value is -0.390. The molecule has 2 unspecified atom stereocenters. The SMILES string of the molecule is CCCC(OCC)C(Cc1c(Br)c(C)nn1CC)NCC. The standard InChI is InChI=1S/C16H30BrN3O/c1-6-10-15(21-9-4)13(18-7-2)11-14-16(17)12(5)19-20(14)8-3/h13,15,18H,6-11H2,1-5H3. The van der Waals surface area contributed by atoms with Crippen LogP contribution in [-0.4, -0.2) is 35.1 Å². The summed E-state index contributed by atoms with van der Waals surface area (Å²) in [4.78, 5) is 0. The number of rotatable bonds is 10. The Morgan fingerprint density at radius 1 is 1.29 bits per heavy atom. The molecule has 2 atom stereocenters. The number of aryl methyl sites for hydroxylation is 2. The summed E-state index contributed by atoms with van der Waals surface area (Å²) in [6.45, 7) is 13.2. The summed E-state index contributed by atoms with van der Waals surface area (Å²) in [5.41, 5.74) is 2.33. The fraction of sp³-hybridized carbons (Fsp3) is 0.812. The van der Waals surface area contributed by atoms with Gasteiger partial charge < -0.3 is 10.1 Å². The second-order valence-electron chi connectivity index (χ2n) is 5.31. The highest BCUT2D eigenvalue weighted by atomic mass is 79.9. The minimum Gasteiger partial charge on any atom is -0.377 e. The Morgan fingerprint density at radius 3 is 2.52 bits per heavy atom. The monoisotopic (exact) mass is 359 g/mol. The lowest BCUT2D eigenvalue weighted by atomic mass is 10.0. The number of halogens is 1. The topological polar surface area (TPSA) is 39.1 Å². The molecule has 5 heteroatoms. The third kappa shape index (κ3) is 5.08. The van der Waals surface area contributed by atoms with Gasteiger partial charge in [-0.15, -0.1) is 0 Å². The summed E-state index contributed by atoms with van der Waals surface area (Å²) in [6, 6.07) is 0.326. The highest BCUT2D eigenvalue weighted by Crippen LogP contribution is 2.24. The van der Waals surface area contributed by atoms with Crippen LogP contribution in [0, 0.1) is 6.92 Å². The summed E-state index contributed by atoms with van der Waals surface area (Å²) in [5, 5.41) is 8.20. The Bertz CT molecular complexity index is 414. The molecule has 0 radical (unpaired) electrons. The van der Waals surface area contributed by atoms with Crippen molar-refractivity contribution >= 4 is 15.9 Å². The van der Waals surface area contributed by atoms with Crippen molar-refractivity contribution in [2.75, 3.05) is 13.2 Å². The first kappa shape index (κ1) is 18.7. The molecule has 21 heavy (non-hydrogen) atoms. The van der Waals surface area contributed by atoms with Crippen LogP contribution >= 0.6 is 15.9 Å². The third-order valence-electron chi connectivity index (χ3n) is 3.74. The van der Waals surface area contributed by atoms with E-state index in [-0.39, 0.29) is 6.10 Å². The highest BCUT2D eigenvalue weighted by molar-refractivity contribution is 9.10. The van der Waals surface area contributed by atoms with Crippen LogP contribution in [0.1, 0.15) is 51.9 Å². The molecule has 0 aromatic carbocycles. The van der Waals surface area contributed by atoms with Gasteiger partial charge in [-0.25, -0.2) is 0 Å². The van der Waals surface area contributed by atoms with Gasteiger partial charge in [-0.05, 0) is 49.7 Å². The maximum absolute atomic E-state index is 5.98. The summed E-state index contributed by atoms with van der Waals surface area (Å²) < 4.78 is 9.22. The molecular weight excluding hydrogens is 330 g/mol. The van der Waals surface area contributed by atoms with Gasteiger partial charge in [0.25, 0.3) is 0 Å². The lowest BCUT2D eigenvalue weighted by Gasteiger charge is -2.28. The van der Waals surface area contributed by atoms with Crippen LogP contribution in [0.3, 0.4) is 0 Å². The molecular formula is C16H30BrN3O. The highest BCUT2D eigenvalue weighted by Gasteiger charge is 2.24. The fourth-order valence-electron chi connectivity index (χ4n) is 2.77. The minimum atomic E-state index is 0.257. The lowest BCUT2D eigenvalue weighted by Crippen LogP contribution is -2.43. The smallest absolute Gasteiger partial charge is 0.0738 e. The van der Waals surface area contributed by atoms with Crippen LogP contribution in [-0.2, 0) is 17.7 Å². The van der Waals surface area contributed by atoms with E-state index < -0.39 is 0 Å². The van der Waals surface area contributed by atoms with E-state index >= 15 is 0 Å². The van der Waals surface area contributed by atoms with Crippen molar-refractivity contribution in [3.8, 4) is 0 Å². The largest absolute Gasteiger partial charge is 0.377 e. The number of likely N-dealkylation sites (N-methyl/N-ethyl adjacent to an activating group) is 1. The number of hydrogen-bond donors (Lipinski definition) is 1. The average Bonchev–Trinajstić information content (AvgIpc) is 2.74. The van der Waals surface area contributed by atoms with Crippen LogP contribution in [0.2, 0.25) is 0 Å². The van der Waals surface area contributed by atoms with Gasteiger partial charge >= 0.3 is 0 Å². The number of nitrogens with zero attached hydrogens (tertiary/aromatic N) is 2. The van der Waals surface area contributed by atoms with Gasteiger partial charge in [-0.1, -0.05) is 20.3 Å². The van der Waals surface area contributed by atoms with E-state index in [2.05, 4.69) is 58.7 Å². The Morgan fingerprint density at radius 2 is 2.00 bits per heavy atom. The van der Waals surface area contributed by atoms with Crippen molar-refractivity contribution in [3.05, 3.63) is 15.9 Å². The second kappa shape index (κ2) is 9.59. The number of aromatic nitrogens is 2. The van der Waals surface area contributed by atoms with Gasteiger partial charge in [0.1, 0.15) is 0 Å². The molecule has 0 saturated heterocycles. The molecule has 0 aliphatic carbocycles. The van der Waals surface area contributed by atoms with E-state index in [0.29, 0.717) is 6.04 Å². The van der Waals surface area contributed by atoms with E-state index in [1.807, 2.05) is 6.92 Å². The zero-order valence-electron chi connectivity index (χ0n) is 14.1. The predicted octanol–water partition coefficient (Wildman–Crippen LogP) is 3.70. The maximum Gasteiger partial charge on any atom is 0.0738 e. The molecule has 1 aromatic rings. The maximum atomic E-state index is 5.98. The van der Waals surface area contributed by atoms with Gasteiger partial charge in [0.05, 0.1) is 22.0 Å². The van der Waals surface area contributed by atoms with Crippen molar-refractivity contribution in [1.82, 2.24) is 15.1 Å². The van der Waals surface area contributed by atoms with Gasteiger partial charge in [0, 0.05) is 25.6 Å². The van der Waals surface area contributed by atoms with Gasteiger partial charge in [-0.3, -0.25) is 4.68 Å². The zero-order chi connectivity index (χ0) is 15.8. The van der Waals surface area contributed by atoms with Crippen molar-refractivity contribution in [2.24, 2.45) is 0 Å². The Labute approximate surface area is 137 Å². The van der Waals surface area contributed by atoms with Crippen LogP contribution in [0.5, 0.6) is 0 Å². The van der Waals surface area contributed by atoms with E-state index in [4.69, 9.17) is 4.74 Å². The first-order valence-electron chi connectivity index (χ1n) is 8.15. The molecule has 0 saturated carbocycles. The van der Waals surface area contributed by atoms with Crippen molar-refractivity contribution in [3.63, 3.8) is 0 Å². The normalized spacial score (nSPS) is 14.4. The summed E-state index contributed by atoms with van der Waals surface area (Å²) >= 11 is 3.70. The molecule has 1 rings (SSSR count). The quantitative estimate of drug-likeness (QED) is 0.692. The molecule has 1 aromatic heterocycles. The minimum absolute atomic E-state index is 0.257. The Kier molecular flexibility index (Phi) is 8.52. The molecule has 0 spiro atoms. The molecule has 0 aliphatic rings. The van der Waals surface area contributed by atoms with E-state index in [1.54, 1.807) is 0 Å². The summed E-state index contributed by atoms with van der Waals surface area (Å²) in [6.07, 6.45) is 3.42. The van der Waals surface area contributed by atoms with Gasteiger partial charge in [0.2, 0.25) is 0 Å². The van der Waals surface area contributed by atoms with Gasteiger partial charge in [-0.2, -0.15) is 5.10 Å². The summed E-state index contributed by atoms with van der Waals surface area (Å²) in [5.74, 6) is 0. The zero-order valence-corrected chi connectivity index (χ0v) is 15.7. The van der Waals surface area contributed by atoms with Crippen molar-refractivity contribution < 1.29 is 4.74 Å². The molecule has 0 fully saturated rings. The Balaban J connectivity index is 2.95. The second-order valence-corrected chi connectivity index (χ2v) is 6.11. The lowest BCUT2D eigenvalue weighted by molar-refractivity contribution is 0.0280. The third-order valence-corrected chi connectivity index (χ3v) is 4.77. The van der Waals surface area contributed by atoms with Crippen molar-refractivity contribution in [2.45, 2.75) is 72.6 Å². The number of ether oxygens (including phenoxy) is 1. The van der Waals surface area contributed by atoms with E-state index in [0.717, 1.165) is 49.1 Å².